The zero-order chi connectivity index (χ0) is 22.6. The molecule has 0 bridgehead atoms. The van der Waals surface area contributed by atoms with E-state index >= 15 is 0 Å². The number of aromatic nitrogens is 3. The van der Waals surface area contributed by atoms with Gasteiger partial charge in [-0.2, -0.15) is 5.10 Å². The van der Waals surface area contributed by atoms with E-state index in [0.717, 1.165) is 53.2 Å². The predicted octanol–water partition coefficient (Wildman–Crippen LogP) is 4.48. The molecule has 0 saturated carbocycles. The first-order valence-corrected chi connectivity index (χ1v) is 11.3. The number of pyridine rings is 1. The Morgan fingerprint density at radius 3 is 2.82 bits per heavy atom. The second-order valence-corrected chi connectivity index (χ2v) is 8.32. The average Bonchev–Trinajstić information content (AvgIpc) is 3.50. The number of hydrogen-bond acceptors (Lipinski definition) is 5. The highest BCUT2D eigenvalue weighted by Gasteiger charge is 2.31. The van der Waals surface area contributed by atoms with Crippen molar-refractivity contribution in [3.05, 3.63) is 83.6 Å². The maximum atomic E-state index is 13.1. The molecule has 1 aliphatic heterocycles. The molecule has 1 unspecified atom stereocenters. The van der Waals surface area contributed by atoms with E-state index in [4.69, 9.17) is 9.72 Å². The lowest BCUT2D eigenvalue weighted by molar-refractivity contribution is -0.131. The lowest BCUT2D eigenvalue weighted by Gasteiger charge is -2.24. The number of H-pyrrole nitrogens is 1. The zero-order valence-electron chi connectivity index (χ0n) is 18.6. The molecule has 1 aliphatic rings. The molecule has 7 heteroatoms. The second kappa shape index (κ2) is 9.32. The fourth-order valence-electron chi connectivity index (χ4n) is 4.45. The molecule has 0 spiro atoms. The number of amides is 1. The van der Waals surface area contributed by atoms with Gasteiger partial charge >= 0.3 is 0 Å². The molecule has 1 amide bonds. The van der Waals surface area contributed by atoms with Crippen molar-refractivity contribution in [3.63, 3.8) is 0 Å². The van der Waals surface area contributed by atoms with Crippen molar-refractivity contribution >= 4 is 22.8 Å². The average molecular weight is 442 g/mol. The van der Waals surface area contributed by atoms with E-state index in [1.54, 1.807) is 7.11 Å². The highest BCUT2D eigenvalue weighted by atomic mass is 16.5. The molecule has 5 rings (SSSR count). The topological polar surface area (TPSA) is 83.1 Å². The maximum absolute atomic E-state index is 13.1. The number of nitrogens with zero attached hydrogens (tertiary/aromatic N) is 3. The van der Waals surface area contributed by atoms with Crippen LogP contribution in [0.3, 0.4) is 0 Å². The SMILES string of the molecule is COc1cccc(CC(=O)N2CCCC2c2ccc3c(NCc4ccccc4)n[nH]c3n2)c1. The summed E-state index contributed by atoms with van der Waals surface area (Å²) in [6.45, 7) is 1.44. The van der Waals surface area contributed by atoms with Gasteiger partial charge in [0.15, 0.2) is 11.5 Å². The lowest BCUT2D eigenvalue weighted by atomic mass is 10.1. The first-order chi connectivity index (χ1) is 16.2. The Morgan fingerprint density at radius 2 is 1.97 bits per heavy atom. The predicted molar refractivity (Wildman–Crippen MR) is 128 cm³/mol. The van der Waals surface area contributed by atoms with E-state index in [-0.39, 0.29) is 11.9 Å². The number of benzene rings is 2. The van der Waals surface area contributed by atoms with Crippen LogP contribution < -0.4 is 10.1 Å². The van der Waals surface area contributed by atoms with Crippen LogP contribution in [0.4, 0.5) is 5.82 Å². The van der Waals surface area contributed by atoms with E-state index in [2.05, 4.69) is 27.6 Å². The third-order valence-corrected chi connectivity index (χ3v) is 6.15. The summed E-state index contributed by atoms with van der Waals surface area (Å²) in [6.07, 6.45) is 2.24. The minimum atomic E-state index is -0.0171. The smallest absolute Gasteiger partial charge is 0.227 e. The van der Waals surface area contributed by atoms with Gasteiger partial charge in [0.1, 0.15) is 5.75 Å². The number of nitrogens with one attached hydrogen (secondary N) is 2. The molecule has 0 aliphatic carbocycles. The number of carbonyl (C=O) groups is 1. The summed E-state index contributed by atoms with van der Waals surface area (Å²) in [7, 11) is 1.64. The molecule has 3 heterocycles. The van der Waals surface area contributed by atoms with Crippen LogP contribution in [0.25, 0.3) is 11.0 Å². The molecule has 7 nitrogen and oxygen atoms in total. The first kappa shape index (κ1) is 21.0. The van der Waals surface area contributed by atoms with Crippen LogP contribution in [0.5, 0.6) is 5.75 Å². The first-order valence-electron chi connectivity index (χ1n) is 11.3. The number of rotatable bonds is 7. The van der Waals surface area contributed by atoms with Gasteiger partial charge in [-0.15, -0.1) is 0 Å². The van der Waals surface area contributed by atoms with E-state index in [1.165, 1.54) is 5.56 Å². The molecular weight excluding hydrogens is 414 g/mol. The molecule has 0 radical (unpaired) electrons. The fraction of sp³-hybridized carbons (Fsp3) is 0.269. The van der Waals surface area contributed by atoms with Gasteiger partial charge in [0.2, 0.25) is 5.91 Å². The summed E-state index contributed by atoms with van der Waals surface area (Å²) in [5, 5.41) is 11.8. The number of ether oxygens (including phenoxy) is 1. The Balaban J connectivity index is 1.31. The largest absolute Gasteiger partial charge is 0.497 e. The Kier molecular flexibility index (Phi) is 5.93. The van der Waals surface area contributed by atoms with Crippen molar-refractivity contribution in [2.45, 2.75) is 31.8 Å². The summed E-state index contributed by atoms with van der Waals surface area (Å²) < 4.78 is 5.29. The zero-order valence-corrected chi connectivity index (χ0v) is 18.6. The second-order valence-electron chi connectivity index (χ2n) is 8.32. The van der Waals surface area contributed by atoms with E-state index < -0.39 is 0 Å². The molecule has 2 aromatic heterocycles. The van der Waals surface area contributed by atoms with Crippen LogP contribution in [0, 0.1) is 0 Å². The van der Waals surface area contributed by atoms with Gasteiger partial charge in [0.05, 0.1) is 30.7 Å². The van der Waals surface area contributed by atoms with Crippen LogP contribution in [0.2, 0.25) is 0 Å². The minimum absolute atomic E-state index is 0.0171. The monoisotopic (exact) mass is 441 g/mol. The van der Waals surface area contributed by atoms with Gasteiger partial charge in [0, 0.05) is 13.1 Å². The summed E-state index contributed by atoms with van der Waals surface area (Å²) in [4.78, 5) is 19.9. The Labute approximate surface area is 192 Å². The Hall–Kier alpha value is -3.87. The number of carbonyl (C=O) groups excluding carboxylic acids is 1. The normalized spacial score (nSPS) is 15.7. The molecule has 1 fully saturated rings. The summed E-state index contributed by atoms with van der Waals surface area (Å²) in [5.41, 5.74) is 3.78. The van der Waals surface area contributed by atoms with Crippen LogP contribution in [0.15, 0.2) is 66.7 Å². The highest BCUT2D eigenvalue weighted by molar-refractivity contribution is 5.87. The molecule has 1 saturated heterocycles. The molecular formula is C26H27N5O2. The summed E-state index contributed by atoms with van der Waals surface area (Å²) >= 11 is 0. The third-order valence-electron chi connectivity index (χ3n) is 6.15. The fourth-order valence-corrected chi connectivity index (χ4v) is 4.45. The van der Waals surface area contributed by atoms with Crippen molar-refractivity contribution in [2.75, 3.05) is 19.0 Å². The van der Waals surface area contributed by atoms with Crippen molar-refractivity contribution in [1.29, 1.82) is 0 Å². The number of anilines is 1. The van der Waals surface area contributed by atoms with E-state index in [0.29, 0.717) is 13.0 Å². The quantitative estimate of drug-likeness (QED) is 0.442. The van der Waals surface area contributed by atoms with Gasteiger partial charge in [-0.1, -0.05) is 42.5 Å². The van der Waals surface area contributed by atoms with Crippen molar-refractivity contribution in [3.8, 4) is 5.75 Å². The van der Waals surface area contributed by atoms with Crippen molar-refractivity contribution in [2.24, 2.45) is 0 Å². The molecule has 2 aromatic carbocycles. The van der Waals surface area contributed by atoms with Gasteiger partial charge in [-0.25, -0.2) is 4.98 Å². The summed E-state index contributed by atoms with van der Waals surface area (Å²) in [5.74, 6) is 1.66. The molecule has 168 valence electrons. The molecule has 33 heavy (non-hydrogen) atoms. The van der Waals surface area contributed by atoms with Crippen LogP contribution in [0.1, 0.15) is 35.7 Å². The number of fused-ring (bicyclic) bond motifs is 1. The maximum Gasteiger partial charge on any atom is 0.227 e. The van der Waals surface area contributed by atoms with Crippen molar-refractivity contribution in [1.82, 2.24) is 20.1 Å². The lowest BCUT2D eigenvalue weighted by Crippen LogP contribution is -2.32. The highest BCUT2D eigenvalue weighted by Crippen LogP contribution is 2.33. The number of hydrogen-bond donors (Lipinski definition) is 2. The van der Waals surface area contributed by atoms with E-state index in [9.17, 15) is 4.79 Å². The molecule has 4 aromatic rings. The van der Waals surface area contributed by atoms with Gasteiger partial charge in [0.25, 0.3) is 0 Å². The third kappa shape index (κ3) is 4.53. The van der Waals surface area contributed by atoms with Gasteiger partial charge in [-0.3, -0.25) is 9.89 Å². The van der Waals surface area contributed by atoms with E-state index in [1.807, 2.05) is 59.5 Å². The summed E-state index contributed by atoms with van der Waals surface area (Å²) in [6, 6.07) is 21.9. The van der Waals surface area contributed by atoms with Crippen LogP contribution >= 0.6 is 0 Å². The molecule has 2 N–H and O–H groups in total. The number of aromatic amines is 1. The van der Waals surface area contributed by atoms with Gasteiger partial charge in [-0.05, 0) is 48.2 Å². The molecule has 1 atom stereocenters. The number of likely N-dealkylation sites (tertiary alicyclic amines) is 1. The minimum Gasteiger partial charge on any atom is -0.497 e. The Morgan fingerprint density at radius 1 is 1.12 bits per heavy atom. The van der Waals surface area contributed by atoms with Crippen LogP contribution in [-0.2, 0) is 17.8 Å². The van der Waals surface area contributed by atoms with Gasteiger partial charge < -0.3 is 15.0 Å². The van der Waals surface area contributed by atoms with Crippen molar-refractivity contribution < 1.29 is 9.53 Å². The standard InChI is InChI=1S/C26H27N5O2/c1-33-20-10-5-9-19(15-20)16-24(32)31-14-6-11-23(31)22-13-12-21-25(29-30-26(21)28-22)27-17-18-7-3-2-4-8-18/h2-5,7-10,12-13,15,23H,6,11,14,16-17H2,1H3,(H2,27,28,29,30). The van der Waals surface area contributed by atoms with Crippen LogP contribution in [-0.4, -0.2) is 39.6 Å². The number of methoxy groups -OCH3 is 1. The Bertz CT molecular complexity index is 1250.